The van der Waals surface area contributed by atoms with Gasteiger partial charge in [-0.2, -0.15) is 0 Å². The highest BCUT2D eigenvalue weighted by atomic mass is 79.9. The summed E-state index contributed by atoms with van der Waals surface area (Å²) in [4.78, 5) is 41.9. The Morgan fingerprint density at radius 2 is 1.18 bits per heavy atom. The first-order valence-electron chi connectivity index (χ1n) is 15.5. The van der Waals surface area contributed by atoms with Gasteiger partial charge in [0.2, 0.25) is 0 Å². The summed E-state index contributed by atoms with van der Waals surface area (Å²) < 4.78 is 1.55. The zero-order chi connectivity index (χ0) is 33.9. The summed E-state index contributed by atoms with van der Waals surface area (Å²) in [5, 5.41) is 13.1. The molecule has 0 saturated carbocycles. The highest BCUT2D eigenvalue weighted by Crippen LogP contribution is 2.22. The number of nitrogens with one attached hydrogen (secondary N) is 3. The average molecular weight is 807 g/mol. The first-order chi connectivity index (χ1) is 23.4. The number of amides is 2. The van der Waals surface area contributed by atoms with Crippen LogP contribution in [0.2, 0.25) is 0 Å². The molecule has 10 nitrogen and oxygen atoms in total. The smallest absolute Gasteiger partial charge is 0.270 e. The summed E-state index contributed by atoms with van der Waals surface area (Å²) in [5.41, 5.74) is 6.56. The maximum absolute atomic E-state index is 12.4. The van der Waals surface area contributed by atoms with Crippen LogP contribution in [0, 0.1) is 0 Å². The van der Waals surface area contributed by atoms with E-state index >= 15 is 0 Å². The van der Waals surface area contributed by atoms with Gasteiger partial charge in [-0.15, -0.1) is 0 Å². The number of carbonyl (C=O) groups excluding carboxylic acids is 2. The van der Waals surface area contributed by atoms with E-state index in [1.54, 1.807) is 36.9 Å². The predicted molar refractivity (Wildman–Crippen MR) is 196 cm³/mol. The van der Waals surface area contributed by atoms with E-state index in [0.717, 1.165) is 66.3 Å². The highest BCUT2D eigenvalue weighted by Gasteiger charge is 2.13. The number of carbonyl (C=O) groups is 2. The number of pyridine rings is 4. The first-order valence-corrected chi connectivity index (χ1v) is 17.1. The third-order valence-electron chi connectivity index (χ3n) is 7.32. The molecule has 0 radical (unpaired) electrons. The third-order valence-corrected chi connectivity index (χ3v) is 8.48. The Morgan fingerprint density at radius 1 is 0.673 bits per heavy atom. The number of aromatic nitrogens is 4. The predicted octanol–water partition coefficient (Wildman–Crippen LogP) is 3.30. The van der Waals surface area contributed by atoms with Gasteiger partial charge in [0, 0.05) is 66.4 Å². The van der Waals surface area contributed by atoms with Crippen LogP contribution in [-0.2, 0) is 13.1 Å². The molecule has 0 aliphatic carbocycles. The van der Waals surface area contributed by atoms with E-state index in [-0.39, 0.29) is 24.2 Å². The lowest BCUT2D eigenvalue weighted by molar-refractivity contribution is -0.568. The van der Waals surface area contributed by atoms with Crippen molar-refractivity contribution in [1.82, 2.24) is 30.6 Å². The second-order valence-electron chi connectivity index (χ2n) is 10.6. The number of benzene rings is 2. The van der Waals surface area contributed by atoms with Crippen LogP contribution in [0.15, 0.2) is 107 Å². The molecule has 4 heterocycles. The zero-order valence-corrected chi connectivity index (χ0v) is 30.8. The summed E-state index contributed by atoms with van der Waals surface area (Å²) in [6, 6.07) is 23.1. The van der Waals surface area contributed by atoms with Gasteiger partial charge in [-0.05, 0) is 87.7 Å². The standard InChI is InChI=1S/2C18H17BrN4O.ClH/c2*1-2-21-15-6-4-3-5-12(15)10-22-18(24)16-8-7-13-9-20-11-14(19)17(13)23-16;/h2*3-9,11,21H,2,10H2,1H3,(H,22,24);1H. The Hall–Kier alpha value is -4.49. The van der Waals surface area contributed by atoms with Gasteiger partial charge in [-0.1, -0.05) is 36.4 Å². The maximum atomic E-state index is 12.4. The van der Waals surface area contributed by atoms with Gasteiger partial charge >= 0.3 is 0 Å². The fourth-order valence-corrected chi connectivity index (χ4v) is 5.83. The fraction of sp³-hybridized carbons (Fsp3) is 0.167. The number of halogens is 3. The second-order valence-corrected chi connectivity index (χ2v) is 12.4. The van der Waals surface area contributed by atoms with Crippen molar-refractivity contribution in [2.45, 2.75) is 26.9 Å². The minimum absolute atomic E-state index is 0. The number of anilines is 1. The molecular formula is C36H35Br2ClN8O2. The number of para-hydroxylation sites is 2. The van der Waals surface area contributed by atoms with Gasteiger partial charge < -0.3 is 33.7 Å². The van der Waals surface area contributed by atoms with Crippen molar-refractivity contribution in [2.75, 3.05) is 18.4 Å². The third kappa shape index (κ3) is 9.79. The van der Waals surface area contributed by atoms with Crippen molar-refractivity contribution in [3.05, 3.63) is 129 Å². The molecule has 6 rings (SSSR count). The lowest BCUT2D eigenvalue weighted by atomic mass is 10.1. The van der Waals surface area contributed by atoms with Gasteiger partial charge in [0.05, 0.1) is 26.5 Å². The van der Waals surface area contributed by atoms with Crippen LogP contribution in [0.1, 0.15) is 46.0 Å². The van der Waals surface area contributed by atoms with Gasteiger partial charge in [0.25, 0.3) is 11.8 Å². The normalized spacial score (nSPS) is 10.4. The van der Waals surface area contributed by atoms with E-state index in [0.29, 0.717) is 24.5 Å². The Kier molecular flexibility index (Phi) is 14.0. The van der Waals surface area contributed by atoms with Crippen LogP contribution in [0.5, 0.6) is 0 Å². The molecule has 0 aliphatic heterocycles. The van der Waals surface area contributed by atoms with E-state index in [4.69, 9.17) is 0 Å². The molecule has 0 fully saturated rings. The zero-order valence-electron chi connectivity index (χ0n) is 26.9. The topological polar surface area (TPSA) is 138 Å². The first kappa shape index (κ1) is 37.3. The van der Waals surface area contributed by atoms with Crippen molar-refractivity contribution in [3.63, 3.8) is 0 Å². The summed E-state index contributed by atoms with van der Waals surface area (Å²) >= 11 is 6.84. The number of hydrogen-bond donors (Lipinski definition) is 4. The van der Waals surface area contributed by atoms with Crippen LogP contribution < -0.4 is 33.7 Å². The lowest BCUT2D eigenvalue weighted by Crippen LogP contribution is -3.00. The SMILES string of the molecule is CCNc1ccccc1CNC(=O)c1ccc2cncc(Br)c2n1.CC[NH2+]c1ccccc1CNC(=O)c1ccc2cncc(Br)c2n1.[Cl-]. The molecule has 252 valence electrons. The molecule has 2 amide bonds. The van der Waals surface area contributed by atoms with Crippen LogP contribution in [0.4, 0.5) is 11.4 Å². The molecule has 6 aromatic rings. The van der Waals surface area contributed by atoms with E-state index in [1.165, 1.54) is 0 Å². The van der Waals surface area contributed by atoms with E-state index in [9.17, 15) is 9.59 Å². The van der Waals surface area contributed by atoms with Gasteiger partial charge in [0.15, 0.2) is 0 Å². The molecule has 5 N–H and O–H groups in total. The molecule has 49 heavy (non-hydrogen) atoms. The van der Waals surface area contributed by atoms with Crippen molar-refractivity contribution < 1.29 is 27.3 Å². The number of fused-ring (bicyclic) bond motifs is 2. The van der Waals surface area contributed by atoms with Crippen LogP contribution in [0.3, 0.4) is 0 Å². The largest absolute Gasteiger partial charge is 1.00 e. The Bertz CT molecular complexity index is 1920. The minimum Gasteiger partial charge on any atom is -1.00 e. The number of nitrogens with zero attached hydrogens (tertiary/aromatic N) is 4. The molecule has 0 unspecified atom stereocenters. The van der Waals surface area contributed by atoms with Crippen LogP contribution >= 0.6 is 31.9 Å². The number of rotatable bonds is 10. The van der Waals surface area contributed by atoms with Crippen molar-refractivity contribution in [1.29, 1.82) is 0 Å². The van der Waals surface area contributed by atoms with Gasteiger partial charge in [-0.3, -0.25) is 19.6 Å². The average Bonchev–Trinajstić information content (AvgIpc) is 3.11. The summed E-state index contributed by atoms with van der Waals surface area (Å²) in [7, 11) is 0. The molecule has 2 aromatic carbocycles. The maximum Gasteiger partial charge on any atom is 0.270 e. The van der Waals surface area contributed by atoms with Crippen molar-refractivity contribution in [2.24, 2.45) is 0 Å². The molecule has 0 aliphatic rings. The molecule has 13 heteroatoms. The Balaban J connectivity index is 0.000000216. The lowest BCUT2D eigenvalue weighted by Gasteiger charge is -2.11. The Labute approximate surface area is 307 Å². The minimum atomic E-state index is -0.202. The monoisotopic (exact) mass is 804 g/mol. The number of nitrogens with two attached hydrogens (primary N) is 1. The van der Waals surface area contributed by atoms with Gasteiger partial charge in [-0.25, -0.2) is 9.97 Å². The molecule has 0 bridgehead atoms. The second kappa shape index (κ2) is 18.3. The number of hydrogen-bond acceptors (Lipinski definition) is 7. The molecular weight excluding hydrogens is 772 g/mol. The molecule has 0 saturated heterocycles. The van der Waals surface area contributed by atoms with E-state index < -0.39 is 0 Å². The Morgan fingerprint density at radius 3 is 1.73 bits per heavy atom. The summed E-state index contributed by atoms with van der Waals surface area (Å²) in [5.74, 6) is -0.390. The molecule has 0 atom stereocenters. The van der Waals surface area contributed by atoms with Gasteiger partial charge in [0.1, 0.15) is 17.1 Å². The molecule has 4 aromatic heterocycles. The quantitative estimate of drug-likeness (QED) is 0.156. The summed E-state index contributed by atoms with van der Waals surface area (Å²) in [6.45, 7) is 6.85. The molecule has 0 spiro atoms. The summed E-state index contributed by atoms with van der Waals surface area (Å²) in [6.07, 6.45) is 6.80. The van der Waals surface area contributed by atoms with Crippen molar-refractivity contribution in [3.8, 4) is 0 Å². The van der Waals surface area contributed by atoms with E-state index in [1.807, 2.05) is 61.5 Å². The van der Waals surface area contributed by atoms with E-state index in [2.05, 4.69) is 86.1 Å². The highest BCUT2D eigenvalue weighted by molar-refractivity contribution is 9.11. The van der Waals surface area contributed by atoms with Crippen LogP contribution in [0.25, 0.3) is 21.8 Å². The van der Waals surface area contributed by atoms with Crippen molar-refractivity contribution >= 4 is 76.9 Å². The number of quaternary nitrogens is 1. The van der Waals surface area contributed by atoms with Crippen LogP contribution in [-0.4, -0.2) is 44.8 Å². The fourth-order valence-electron chi connectivity index (χ4n) is 4.96.